The van der Waals surface area contributed by atoms with Crippen LogP contribution in [0.1, 0.15) is 13.8 Å². The van der Waals surface area contributed by atoms with Crippen LogP contribution in [-0.4, -0.2) is 16.9 Å². The second-order valence-electron chi connectivity index (χ2n) is 4.13. The van der Waals surface area contributed by atoms with Crippen LogP contribution in [0.3, 0.4) is 0 Å². The molecule has 0 spiro atoms. The van der Waals surface area contributed by atoms with Crippen LogP contribution in [0.25, 0.3) is 10.1 Å². The average molecular weight is 255 g/mol. The highest BCUT2D eigenvalue weighted by Gasteiger charge is 2.10. The van der Waals surface area contributed by atoms with Crippen molar-refractivity contribution in [3.05, 3.63) is 23.7 Å². The standard InChI is InChI=1S/C12H15ClN2S/c1-8(2)10(13)7-15-12-9-4-6-16-11(9)3-5-14-12/h3-6,8,10H,7H2,1-2H3,(H,14,15). The molecule has 2 rings (SSSR count). The largest absolute Gasteiger partial charge is 0.368 e. The van der Waals surface area contributed by atoms with Crippen molar-refractivity contribution in [2.24, 2.45) is 5.92 Å². The van der Waals surface area contributed by atoms with Crippen molar-refractivity contribution in [3.8, 4) is 0 Å². The maximum atomic E-state index is 6.20. The highest BCUT2D eigenvalue weighted by atomic mass is 35.5. The molecule has 2 aromatic rings. The summed E-state index contributed by atoms with van der Waals surface area (Å²) in [4.78, 5) is 4.35. The van der Waals surface area contributed by atoms with Gasteiger partial charge in [0.25, 0.3) is 0 Å². The van der Waals surface area contributed by atoms with E-state index in [1.54, 1.807) is 11.3 Å². The third kappa shape index (κ3) is 2.47. The summed E-state index contributed by atoms with van der Waals surface area (Å²) < 4.78 is 1.26. The van der Waals surface area contributed by atoms with Crippen LogP contribution in [0, 0.1) is 5.92 Å². The second kappa shape index (κ2) is 5.02. The molecule has 0 saturated carbocycles. The molecule has 0 aromatic carbocycles. The minimum absolute atomic E-state index is 0.135. The first-order chi connectivity index (χ1) is 7.68. The molecule has 2 heterocycles. The number of halogens is 1. The lowest BCUT2D eigenvalue weighted by atomic mass is 10.1. The summed E-state index contributed by atoms with van der Waals surface area (Å²) in [7, 11) is 0. The molecule has 86 valence electrons. The van der Waals surface area contributed by atoms with Gasteiger partial charge in [-0.1, -0.05) is 13.8 Å². The van der Waals surface area contributed by atoms with Crippen molar-refractivity contribution in [1.82, 2.24) is 4.98 Å². The van der Waals surface area contributed by atoms with Gasteiger partial charge < -0.3 is 5.32 Å². The van der Waals surface area contributed by atoms with Gasteiger partial charge >= 0.3 is 0 Å². The van der Waals surface area contributed by atoms with Crippen molar-refractivity contribution < 1.29 is 0 Å². The zero-order valence-corrected chi connectivity index (χ0v) is 11.0. The molecule has 1 unspecified atom stereocenters. The van der Waals surface area contributed by atoms with Crippen molar-refractivity contribution in [3.63, 3.8) is 0 Å². The van der Waals surface area contributed by atoms with Gasteiger partial charge in [-0.25, -0.2) is 4.98 Å². The molecule has 0 fully saturated rings. The van der Waals surface area contributed by atoms with E-state index in [0.717, 1.165) is 12.4 Å². The van der Waals surface area contributed by atoms with E-state index in [2.05, 4.69) is 35.6 Å². The Bertz CT molecular complexity index is 467. The van der Waals surface area contributed by atoms with E-state index in [1.807, 2.05) is 12.3 Å². The van der Waals surface area contributed by atoms with Gasteiger partial charge in [-0.15, -0.1) is 22.9 Å². The quantitative estimate of drug-likeness (QED) is 0.835. The maximum absolute atomic E-state index is 6.20. The number of aromatic nitrogens is 1. The summed E-state index contributed by atoms with van der Waals surface area (Å²) in [6.45, 7) is 5.00. The topological polar surface area (TPSA) is 24.9 Å². The average Bonchev–Trinajstić information content (AvgIpc) is 2.73. The molecule has 0 aliphatic carbocycles. The molecular weight excluding hydrogens is 240 g/mol. The summed E-state index contributed by atoms with van der Waals surface area (Å²) in [5, 5.41) is 6.72. The van der Waals surface area contributed by atoms with Crippen LogP contribution in [0.5, 0.6) is 0 Å². The number of alkyl halides is 1. The number of nitrogens with zero attached hydrogens (tertiary/aromatic N) is 1. The van der Waals surface area contributed by atoms with Crippen LogP contribution in [0.15, 0.2) is 23.7 Å². The molecule has 0 bridgehead atoms. The van der Waals surface area contributed by atoms with E-state index in [0.29, 0.717) is 5.92 Å². The van der Waals surface area contributed by atoms with Crippen molar-refractivity contribution in [2.45, 2.75) is 19.2 Å². The molecule has 0 aliphatic heterocycles. The fourth-order valence-corrected chi connectivity index (χ4v) is 2.32. The number of thiophene rings is 1. The smallest absolute Gasteiger partial charge is 0.134 e. The predicted octanol–water partition coefficient (Wildman–Crippen LogP) is 3.97. The van der Waals surface area contributed by atoms with Gasteiger partial charge in [0.05, 0.1) is 5.38 Å². The molecule has 1 atom stereocenters. The van der Waals surface area contributed by atoms with E-state index in [-0.39, 0.29) is 5.38 Å². The summed E-state index contributed by atoms with van der Waals surface area (Å²) in [5.41, 5.74) is 0. The normalized spacial score (nSPS) is 13.2. The minimum atomic E-state index is 0.135. The lowest BCUT2D eigenvalue weighted by Gasteiger charge is -2.14. The number of fused-ring (bicyclic) bond motifs is 1. The Morgan fingerprint density at radius 3 is 3.00 bits per heavy atom. The van der Waals surface area contributed by atoms with Crippen LogP contribution in [0.4, 0.5) is 5.82 Å². The zero-order chi connectivity index (χ0) is 11.5. The van der Waals surface area contributed by atoms with Gasteiger partial charge in [0, 0.05) is 22.8 Å². The molecule has 0 radical (unpaired) electrons. The minimum Gasteiger partial charge on any atom is -0.368 e. The van der Waals surface area contributed by atoms with E-state index >= 15 is 0 Å². The number of hydrogen-bond donors (Lipinski definition) is 1. The number of nitrogens with one attached hydrogen (secondary N) is 1. The van der Waals surface area contributed by atoms with E-state index in [4.69, 9.17) is 11.6 Å². The third-order valence-corrected chi connectivity index (χ3v) is 4.11. The summed E-state index contributed by atoms with van der Waals surface area (Å²) in [5.74, 6) is 1.40. The lowest BCUT2D eigenvalue weighted by Crippen LogP contribution is -2.20. The Morgan fingerprint density at radius 2 is 2.25 bits per heavy atom. The molecule has 2 aromatic heterocycles. The molecule has 1 N–H and O–H groups in total. The Balaban J connectivity index is 2.12. The van der Waals surface area contributed by atoms with Gasteiger partial charge in [0.15, 0.2) is 0 Å². The van der Waals surface area contributed by atoms with Gasteiger partial charge in [-0.05, 0) is 23.4 Å². The SMILES string of the molecule is CC(C)C(Cl)CNc1nccc2sccc12. The molecule has 0 saturated heterocycles. The molecule has 0 aliphatic rings. The maximum Gasteiger partial charge on any atom is 0.134 e. The molecule has 16 heavy (non-hydrogen) atoms. The number of anilines is 1. The van der Waals surface area contributed by atoms with Crippen molar-refractivity contribution in [2.75, 3.05) is 11.9 Å². The molecular formula is C12H15ClN2S. The Kier molecular flexibility index (Phi) is 3.66. The highest BCUT2D eigenvalue weighted by molar-refractivity contribution is 7.17. The third-order valence-electron chi connectivity index (χ3n) is 2.57. The van der Waals surface area contributed by atoms with Crippen LogP contribution in [-0.2, 0) is 0 Å². The van der Waals surface area contributed by atoms with E-state index in [1.165, 1.54) is 10.1 Å². The highest BCUT2D eigenvalue weighted by Crippen LogP contribution is 2.26. The summed E-state index contributed by atoms with van der Waals surface area (Å²) >= 11 is 7.93. The van der Waals surface area contributed by atoms with Crippen LogP contribution in [0.2, 0.25) is 0 Å². The number of rotatable bonds is 4. The van der Waals surface area contributed by atoms with Gasteiger partial charge in [-0.3, -0.25) is 0 Å². The molecule has 4 heteroatoms. The number of pyridine rings is 1. The first kappa shape index (κ1) is 11.7. The van der Waals surface area contributed by atoms with E-state index in [9.17, 15) is 0 Å². The second-order valence-corrected chi connectivity index (χ2v) is 5.64. The monoisotopic (exact) mass is 254 g/mol. The number of hydrogen-bond acceptors (Lipinski definition) is 3. The Labute approximate surface area is 105 Å². The summed E-state index contributed by atoms with van der Waals surface area (Å²) in [6, 6.07) is 4.12. The first-order valence-electron chi connectivity index (χ1n) is 5.38. The molecule has 2 nitrogen and oxygen atoms in total. The lowest BCUT2D eigenvalue weighted by molar-refractivity contribution is 0.616. The predicted molar refractivity (Wildman–Crippen MR) is 72.6 cm³/mol. The van der Waals surface area contributed by atoms with Crippen molar-refractivity contribution in [1.29, 1.82) is 0 Å². The van der Waals surface area contributed by atoms with Crippen LogP contribution >= 0.6 is 22.9 Å². The van der Waals surface area contributed by atoms with Crippen LogP contribution < -0.4 is 5.32 Å². The van der Waals surface area contributed by atoms with Gasteiger partial charge in [0.2, 0.25) is 0 Å². The Morgan fingerprint density at radius 1 is 1.44 bits per heavy atom. The zero-order valence-electron chi connectivity index (χ0n) is 9.40. The fourth-order valence-electron chi connectivity index (χ4n) is 1.47. The first-order valence-corrected chi connectivity index (χ1v) is 6.70. The van der Waals surface area contributed by atoms with Gasteiger partial charge in [0.1, 0.15) is 5.82 Å². The van der Waals surface area contributed by atoms with Crippen molar-refractivity contribution >= 4 is 38.8 Å². The van der Waals surface area contributed by atoms with E-state index < -0.39 is 0 Å². The summed E-state index contributed by atoms with van der Waals surface area (Å²) in [6.07, 6.45) is 1.83. The molecule has 0 amide bonds. The van der Waals surface area contributed by atoms with Gasteiger partial charge in [-0.2, -0.15) is 0 Å². The Hall–Kier alpha value is -0.800. The fraction of sp³-hybridized carbons (Fsp3) is 0.417.